The first-order valence-corrected chi connectivity index (χ1v) is 15.7. The Morgan fingerprint density at radius 2 is 1.53 bits per heavy atom. The topological polar surface area (TPSA) is 141 Å². The number of amides is 3. The molecule has 1 aliphatic rings. The van der Waals surface area contributed by atoms with Crippen molar-refractivity contribution in [1.29, 1.82) is 0 Å². The van der Waals surface area contributed by atoms with E-state index in [4.69, 9.17) is 18.9 Å². The Bertz CT molecular complexity index is 1280. The summed E-state index contributed by atoms with van der Waals surface area (Å²) in [4.78, 5) is 49.7. The molecule has 2 aromatic carbocycles. The molecule has 0 aromatic heterocycles. The zero-order valence-corrected chi connectivity index (χ0v) is 26.7. The normalized spacial score (nSPS) is 13.1. The summed E-state index contributed by atoms with van der Waals surface area (Å²) in [5, 5.41) is 8.66. The molecule has 1 unspecified atom stereocenters. The first-order chi connectivity index (χ1) is 21.8. The summed E-state index contributed by atoms with van der Waals surface area (Å²) in [5.74, 6) is -1.25. The van der Waals surface area contributed by atoms with E-state index in [-0.39, 0.29) is 43.1 Å². The fourth-order valence-corrected chi connectivity index (χ4v) is 5.13. The summed E-state index contributed by atoms with van der Waals surface area (Å²) in [6.07, 6.45) is 3.70. The van der Waals surface area contributed by atoms with Gasteiger partial charge in [-0.15, -0.1) is 0 Å². The SMILES string of the molecule is CCCCOCCNC(=O)CCCC(=O)Nc1ccc2c(c1)C(COC(C)=O)c1cccc(C(=O)NCCOCCCOC)c1-2. The fourth-order valence-electron chi connectivity index (χ4n) is 5.13. The van der Waals surface area contributed by atoms with Crippen molar-refractivity contribution in [1.82, 2.24) is 10.6 Å². The van der Waals surface area contributed by atoms with Gasteiger partial charge in [-0.3, -0.25) is 19.2 Å². The lowest BCUT2D eigenvalue weighted by Gasteiger charge is -2.15. The number of benzene rings is 2. The molecule has 0 aliphatic heterocycles. The highest BCUT2D eigenvalue weighted by atomic mass is 16.5. The van der Waals surface area contributed by atoms with Gasteiger partial charge in [0, 0.05) is 77.0 Å². The number of hydrogen-bond donors (Lipinski definition) is 3. The fraction of sp³-hybridized carbons (Fsp3) is 0.529. The van der Waals surface area contributed by atoms with E-state index in [1.807, 2.05) is 24.3 Å². The number of rotatable bonds is 21. The molecule has 0 radical (unpaired) electrons. The number of esters is 1. The van der Waals surface area contributed by atoms with Gasteiger partial charge in [-0.1, -0.05) is 31.5 Å². The van der Waals surface area contributed by atoms with Crippen molar-refractivity contribution in [3.05, 3.63) is 53.1 Å². The van der Waals surface area contributed by atoms with Gasteiger partial charge in [0.05, 0.1) is 13.2 Å². The van der Waals surface area contributed by atoms with Crippen molar-refractivity contribution in [2.24, 2.45) is 0 Å². The minimum atomic E-state index is -0.401. The van der Waals surface area contributed by atoms with E-state index < -0.39 is 5.97 Å². The maximum atomic E-state index is 13.2. The van der Waals surface area contributed by atoms with Gasteiger partial charge >= 0.3 is 5.97 Å². The third-order valence-electron chi connectivity index (χ3n) is 7.34. The molecule has 246 valence electrons. The van der Waals surface area contributed by atoms with E-state index in [0.29, 0.717) is 63.8 Å². The lowest BCUT2D eigenvalue weighted by Crippen LogP contribution is -2.28. The smallest absolute Gasteiger partial charge is 0.302 e. The Morgan fingerprint density at radius 3 is 2.27 bits per heavy atom. The molecule has 11 nitrogen and oxygen atoms in total. The lowest BCUT2D eigenvalue weighted by atomic mass is 9.96. The van der Waals surface area contributed by atoms with Gasteiger partial charge in [0.15, 0.2) is 0 Å². The standard InChI is InChI=1S/C34H47N3O8/c1-4-5-18-43-20-15-35-31(39)11-7-12-32(40)37-25-13-14-27-29(22-25)30(23-45-24(2)38)26-9-6-10-28(33(26)27)34(41)36-16-21-44-19-8-17-42-3/h6,9-10,13-14,22,30H,4-5,7-8,11-12,15-21,23H2,1-3H3,(H,35,39)(H,36,41)(H,37,40). The molecule has 2 aromatic rings. The molecule has 0 spiro atoms. The number of anilines is 1. The van der Waals surface area contributed by atoms with Crippen LogP contribution < -0.4 is 16.0 Å². The number of unbranched alkanes of at least 4 members (excludes halogenated alkanes) is 1. The number of methoxy groups -OCH3 is 1. The second-order valence-electron chi connectivity index (χ2n) is 10.9. The minimum Gasteiger partial charge on any atom is -0.465 e. The first-order valence-electron chi connectivity index (χ1n) is 15.7. The quantitative estimate of drug-likeness (QED) is 0.139. The highest BCUT2D eigenvalue weighted by Crippen LogP contribution is 2.47. The van der Waals surface area contributed by atoms with Crippen molar-refractivity contribution >= 4 is 29.4 Å². The van der Waals surface area contributed by atoms with Crippen LogP contribution in [0.2, 0.25) is 0 Å². The number of carbonyl (C=O) groups is 4. The Morgan fingerprint density at radius 1 is 0.800 bits per heavy atom. The van der Waals surface area contributed by atoms with E-state index in [9.17, 15) is 19.2 Å². The predicted octanol–water partition coefficient (Wildman–Crippen LogP) is 4.19. The van der Waals surface area contributed by atoms with E-state index in [2.05, 4.69) is 22.9 Å². The summed E-state index contributed by atoms with van der Waals surface area (Å²) in [5.41, 5.74) is 4.46. The number of fused-ring (bicyclic) bond motifs is 3. The Hall–Kier alpha value is -3.80. The molecule has 0 saturated heterocycles. The molecule has 11 heteroatoms. The van der Waals surface area contributed by atoms with Gasteiger partial charge in [-0.05, 0) is 59.7 Å². The monoisotopic (exact) mass is 625 g/mol. The van der Waals surface area contributed by atoms with Crippen LogP contribution in [0.25, 0.3) is 11.1 Å². The summed E-state index contributed by atoms with van der Waals surface area (Å²) < 4.78 is 21.4. The third-order valence-corrected chi connectivity index (χ3v) is 7.34. The van der Waals surface area contributed by atoms with Crippen LogP contribution in [0.5, 0.6) is 0 Å². The Kier molecular flexibility index (Phi) is 15.5. The van der Waals surface area contributed by atoms with E-state index >= 15 is 0 Å². The van der Waals surface area contributed by atoms with Gasteiger partial charge in [-0.25, -0.2) is 0 Å². The summed E-state index contributed by atoms with van der Waals surface area (Å²) in [6, 6.07) is 11.1. The summed E-state index contributed by atoms with van der Waals surface area (Å²) >= 11 is 0. The van der Waals surface area contributed by atoms with Crippen LogP contribution in [0.4, 0.5) is 5.69 Å². The van der Waals surface area contributed by atoms with Crippen molar-refractivity contribution in [3.8, 4) is 11.1 Å². The van der Waals surface area contributed by atoms with Crippen LogP contribution in [-0.4, -0.2) is 83.5 Å². The van der Waals surface area contributed by atoms with Gasteiger partial charge in [0.2, 0.25) is 11.8 Å². The molecule has 45 heavy (non-hydrogen) atoms. The van der Waals surface area contributed by atoms with Crippen molar-refractivity contribution in [2.45, 2.75) is 58.3 Å². The summed E-state index contributed by atoms with van der Waals surface area (Å²) in [7, 11) is 1.64. The predicted molar refractivity (Wildman–Crippen MR) is 171 cm³/mol. The molecule has 3 amide bonds. The zero-order valence-electron chi connectivity index (χ0n) is 26.7. The van der Waals surface area contributed by atoms with Crippen LogP contribution in [0, 0.1) is 0 Å². The van der Waals surface area contributed by atoms with Gasteiger partial charge in [-0.2, -0.15) is 0 Å². The van der Waals surface area contributed by atoms with Crippen molar-refractivity contribution < 1.29 is 38.1 Å². The van der Waals surface area contributed by atoms with Crippen LogP contribution in [0.15, 0.2) is 36.4 Å². The van der Waals surface area contributed by atoms with Crippen molar-refractivity contribution in [2.75, 3.05) is 65.2 Å². The van der Waals surface area contributed by atoms with Gasteiger partial charge < -0.3 is 34.9 Å². The van der Waals surface area contributed by atoms with Gasteiger partial charge in [0.25, 0.3) is 5.91 Å². The lowest BCUT2D eigenvalue weighted by molar-refractivity contribution is -0.141. The molecule has 3 rings (SSSR count). The average Bonchev–Trinajstić information content (AvgIpc) is 3.33. The van der Waals surface area contributed by atoms with Crippen LogP contribution >= 0.6 is 0 Å². The molecule has 1 aliphatic carbocycles. The van der Waals surface area contributed by atoms with Crippen LogP contribution in [0.1, 0.15) is 79.8 Å². The Balaban J connectivity index is 1.61. The van der Waals surface area contributed by atoms with Gasteiger partial charge in [0.1, 0.15) is 6.61 Å². The number of carbonyl (C=O) groups excluding carboxylic acids is 4. The molecule has 0 heterocycles. The average molecular weight is 626 g/mol. The first kappa shape index (κ1) is 35.7. The van der Waals surface area contributed by atoms with E-state index in [0.717, 1.165) is 41.5 Å². The second kappa shape index (κ2) is 19.6. The molecular weight excluding hydrogens is 578 g/mol. The van der Waals surface area contributed by atoms with Crippen molar-refractivity contribution in [3.63, 3.8) is 0 Å². The highest BCUT2D eigenvalue weighted by Gasteiger charge is 2.33. The minimum absolute atomic E-state index is 0.103. The second-order valence-corrected chi connectivity index (χ2v) is 10.9. The molecule has 1 atom stereocenters. The number of hydrogen-bond acceptors (Lipinski definition) is 8. The number of ether oxygens (including phenoxy) is 4. The van der Waals surface area contributed by atoms with E-state index in [1.54, 1.807) is 19.2 Å². The molecule has 0 bridgehead atoms. The molecule has 3 N–H and O–H groups in total. The van der Waals surface area contributed by atoms with Crippen LogP contribution in [0.3, 0.4) is 0 Å². The molecular formula is C34H47N3O8. The summed E-state index contributed by atoms with van der Waals surface area (Å²) in [6.45, 7) is 7.10. The highest BCUT2D eigenvalue weighted by molar-refractivity contribution is 6.04. The van der Waals surface area contributed by atoms with E-state index in [1.165, 1.54) is 6.92 Å². The largest absolute Gasteiger partial charge is 0.465 e. The third kappa shape index (κ3) is 11.6. The Labute approximate surface area is 265 Å². The number of nitrogens with one attached hydrogen (secondary N) is 3. The molecule has 0 saturated carbocycles. The molecule has 0 fully saturated rings. The van der Waals surface area contributed by atoms with Crippen LogP contribution in [-0.2, 0) is 33.3 Å². The maximum Gasteiger partial charge on any atom is 0.302 e. The maximum absolute atomic E-state index is 13.2. The zero-order chi connectivity index (χ0) is 32.4.